The number of hydrogen-bond acceptors (Lipinski definition) is 2. The third kappa shape index (κ3) is 1.36. The number of hydrogen-bond donors (Lipinski definition) is 2. The minimum Gasteiger partial charge on any atom is -0.399 e. The topological polar surface area (TPSA) is 57.0 Å². The fourth-order valence-corrected chi connectivity index (χ4v) is 1.30. The first kappa shape index (κ1) is 7.73. The highest BCUT2D eigenvalue weighted by Gasteiger charge is 1.99. The molecule has 1 heterocycles. The van der Waals surface area contributed by atoms with E-state index in [9.17, 15) is 0 Å². The minimum absolute atomic E-state index is 0.688. The van der Waals surface area contributed by atoms with Crippen LogP contribution in [0.4, 0.5) is 11.4 Å². The highest BCUT2D eigenvalue weighted by Crippen LogP contribution is 2.19. The summed E-state index contributed by atoms with van der Waals surface area (Å²) >= 11 is 0. The highest BCUT2D eigenvalue weighted by molar-refractivity contribution is 5.64. The van der Waals surface area contributed by atoms with E-state index in [-0.39, 0.29) is 0 Å². The lowest BCUT2D eigenvalue weighted by Crippen LogP contribution is -1.98. The van der Waals surface area contributed by atoms with Gasteiger partial charge in [-0.15, -0.1) is 0 Å². The summed E-state index contributed by atoms with van der Waals surface area (Å²) in [7, 11) is 0. The molecule has 2 rings (SSSR count). The highest BCUT2D eigenvalue weighted by atomic mass is 15.0. The summed E-state index contributed by atoms with van der Waals surface area (Å²) in [5.74, 6) is 0. The minimum atomic E-state index is 0.688. The first-order valence-corrected chi connectivity index (χ1v) is 4.06. The lowest BCUT2D eigenvalue weighted by atomic mass is 10.2. The zero-order valence-corrected chi connectivity index (χ0v) is 7.14. The number of nitrogen functional groups attached to an aromatic ring is 2. The van der Waals surface area contributed by atoms with Gasteiger partial charge in [-0.05, 0) is 30.3 Å². The molecule has 0 unspecified atom stereocenters. The molecule has 3 heteroatoms. The standard InChI is InChI=1S/C10H11N3/c11-8-3-4-10(9(12)7-8)13-5-1-2-6-13/h1-7H,11-12H2. The number of aromatic nitrogens is 1. The number of rotatable bonds is 1. The van der Waals surface area contributed by atoms with Crippen molar-refractivity contribution in [3.63, 3.8) is 0 Å². The number of anilines is 2. The van der Waals surface area contributed by atoms with Gasteiger partial charge in [0.05, 0.1) is 11.4 Å². The van der Waals surface area contributed by atoms with Gasteiger partial charge in [0.2, 0.25) is 0 Å². The van der Waals surface area contributed by atoms with Crippen LogP contribution in [0, 0.1) is 0 Å². The number of benzene rings is 1. The largest absolute Gasteiger partial charge is 0.399 e. The molecule has 0 aliphatic heterocycles. The molecular formula is C10H11N3. The van der Waals surface area contributed by atoms with Crippen LogP contribution in [0.3, 0.4) is 0 Å². The molecule has 0 bridgehead atoms. The van der Waals surface area contributed by atoms with Crippen molar-refractivity contribution in [2.45, 2.75) is 0 Å². The normalized spacial score (nSPS) is 10.2. The van der Waals surface area contributed by atoms with E-state index in [1.54, 1.807) is 6.07 Å². The SMILES string of the molecule is Nc1ccc(-n2cccc2)c(N)c1. The first-order valence-electron chi connectivity index (χ1n) is 4.06. The predicted molar refractivity (Wildman–Crippen MR) is 54.6 cm³/mol. The Morgan fingerprint density at radius 1 is 1.00 bits per heavy atom. The van der Waals surface area contributed by atoms with Gasteiger partial charge in [0.25, 0.3) is 0 Å². The van der Waals surface area contributed by atoms with E-state index in [4.69, 9.17) is 11.5 Å². The van der Waals surface area contributed by atoms with Gasteiger partial charge in [0.1, 0.15) is 0 Å². The summed E-state index contributed by atoms with van der Waals surface area (Å²) in [5.41, 5.74) is 13.7. The van der Waals surface area contributed by atoms with Gasteiger partial charge in [-0.1, -0.05) is 0 Å². The summed E-state index contributed by atoms with van der Waals surface area (Å²) in [5, 5.41) is 0. The summed E-state index contributed by atoms with van der Waals surface area (Å²) in [6.07, 6.45) is 3.89. The van der Waals surface area contributed by atoms with Crippen LogP contribution in [0.2, 0.25) is 0 Å². The van der Waals surface area contributed by atoms with Crippen LogP contribution in [0.15, 0.2) is 42.7 Å². The Hall–Kier alpha value is -1.90. The van der Waals surface area contributed by atoms with E-state index >= 15 is 0 Å². The molecular weight excluding hydrogens is 162 g/mol. The van der Waals surface area contributed by atoms with Crippen molar-refractivity contribution < 1.29 is 0 Å². The van der Waals surface area contributed by atoms with Crippen molar-refractivity contribution >= 4 is 11.4 Å². The van der Waals surface area contributed by atoms with Crippen molar-refractivity contribution in [1.82, 2.24) is 4.57 Å². The summed E-state index contributed by atoms with van der Waals surface area (Å²) < 4.78 is 1.95. The number of nitrogens with zero attached hydrogens (tertiary/aromatic N) is 1. The molecule has 66 valence electrons. The van der Waals surface area contributed by atoms with Gasteiger partial charge in [-0.25, -0.2) is 0 Å². The average molecular weight is 173 g/mol. The van der Waals surface area contributed by atoms with E-state index in [1.807, 2.05) is 41.2 Å². The maximum atomic E-state index is 5.81. The van der Waals surface area contributed by atoms with E-state index in [1.165, 1.54) is 0 Å². The molecule has 0 spiro atoms. The maximum absolute atomic E-state index is 5.81. The van der Waals surface area contributed by atoms with Crippen molar-refractivity contribution in [3.05, 3.63) is 42.7 Å². The molecule has 0 fully saturated rings. The van der Waals surface area contributed by atoms with Crippen LogP contribution in [0.25, 0.3) is 5.69 Å². The van der Waals surface area contributed by atoms with Crippen LogP contribution >= 0.6 is 0 Å². The molecule has 4 N–H and O–H groups in total. The van der Waals surface area contributed by atoms with Crippen molar-refractivity contribution in [2.75, 3.05) is 11.5 Å². The second kappa shape index (κ2) is 2.86. The van der Waals surface area contributed by atoms with Gasteiger partial charge in [-0.2, -0.15) is 0 Å². The maximum Gasteiger partial charge on any atom is 0.0682 e. The van der Waals surface area contributed by atoms with Crippen LogP contribution in [0.5, 0.6) is 0 Å². The molecule has 13 heavy (non-hydrogen) atoms. The summed E-state index contributed by atoms with van der Waals surface area (Å²) in [6.45, 7) is 0. The quantitative estimate of drug-likeness (QED) is 0.644. The Morgan fingerprint density at radius 2 is 1.69 bits per heavy atom. The molecule has 0 aliphatic carbocycles. The first-order chi connectivity index (χ1) is 6.27. The van der Waals surface area contributed by atoms with Crippen LogP contribution in [-0.2, 0) is 0 Å². The third-order valence-corrected chi connectivity index (χ3v) is 1.93. The molecule has 1 aromatic heterocycles. The van der Waals surface area contributed by atoms with Gasteiger partial charge >= 0.3 is 0 Å². The van der Waals surface area contributed by atoms with E-state index in [0.29, 0.717) is 11.4 Å². The van der Waals surface area contributed by atoms with Crippen molar-refractivity contribution in [2.24, 2.45) is 0 Å². The molecule has 0 atom stereocenters. The molecule has 0 amide bonds. The molecule has 0 saturated carbocycles. The zero-order chi connectivity index (χ0) is 9.26. The smallest absolute Gasteiger partial charge is 0.0682 e. The van der Waals surface area contributed by atoms with Crippen molar-refractivity contribution in [3.8, 4) is 5.69 Å². The van der Waals surface area contributed by atoms with Gasteiger partial charge in [-0.3, -0.25) is 0 Å². The molecule has 0 aliphatic rings. The van der Waals surface area contributed by atoms with Gasteiger partial charge in [0.15, 0.2) is 0 Å². The molecule has 2 aromatic rings. The lowest BCUT2D eigenvalue weighted by molar-refractivity contribution is 1.08. The summed E-state index contributed by atoms with van der Waals surface area (Å²) in [4.78, 5) is 0. The fourth-order valence-electron chi connectivity index (χ4n) is 1.30. The Kier molecular flexibility index (Phi) is 1.70. The average Bonchev–Trinajstić information content (AvgIpc) is 2.56. The Labute approximate surface area is 76.6 Å². The Bertz CT molecular complexity index is 404. The monoisotopic (exact) mass is 173 g/mol. The molecule has 0 saturated heterocycles. The van der Waals surface area contributed by atoms with Crippen LogP contribution in [-0.4, -0.2) is 4.57 Å². The third-order valence-electron chi connectivity index (χ3n) is 1.93. The van der Waals surface area contributed by atoms with Gasteiger partial charge < -0.3 is 16.0 Å². The van der Waals surface area contributed by atoms with Crippen molar-refractivity contribution in [1.29, 1.82) is 0 Å². The van der Waals surface area contributed by atoms with E-state index < -0.39 is 0 Å². The molecule has 0 radical (unpaired) electrons. The van der Waals surface area contributed by atoms with E-state index in [0.717, 1.165) is 5.69 Å². The zero-order valence-electron chi connectivity index (χ0n) is 7.14. The summed E-state index contributed by atoms with van der Waals surface area (Å²) in [6, 6.07) is 9.41. The van der Waals surface area contributed by atoms with Crippen LogP contribution in [0.1, 0.15) is 0 Å². The Balaban J connectivity index is 2.53. The number of nitrogens with two attached hydrogens (primary N) is 2. The Morgan fingerprint density at radius 3 is 2.31 bits per heavy atom. The second-order valence-electron chi connectivity index (χ2n) is 2.91. The molecule has 1 aromatic carbocycles. The predicted octanol–water partition coefficient (Wildman–Crippen LogP) is 1.64. The fraction of sp³-hybridized carbons (Fsp3) is 0. The van der Waals surface area contributed by atoms with E-state index in [2.05, 4.69) is 0 Å². The van der Waals surface area contributed by atoms with Gasteiger partial charge in [0, 0.05) is 18.1 Å². The lowest BCUT2D eigenvalue weighted by Gasteiger charge is -2.06. The second-order valence-corrected chi connectivity index (χ2v) is 2.91. The van der Waals surface area contributed by atoms with Crippen LogP contribution < -0.4 is 11.5 Å². The molecule has 3 nitrogen and oxygen atoms in total.